The third kappa shape index (κ3) is 3.44. The van der Waals surface area contributed by atoms with Crippen LogP contribution in [0.5, 0.6) is 11.5 Å². The van der Waals surface area contributed by atoms with Crippen LogP contribution in [-0.4, -0.2) is 54.4 Å². The second kappa shape index (κ2) is 7.54. The van der Waals surface area contributed by atoms with E-state index in [1.54, 1.807) is 19.2 Å². The number of benzene rings is 1. The molecule has 30 heavy (non-hydrogen) atoms. The molecule has 4 rings (SSSR count). The fourth-order valence-corrected chi connectivity index (χ4v) is 3.72. The van der Waals surface area contributed by atoms with E-state index in [4.69, 9.17) is 9.47 Å². The minimum absolute atomic E-state index is 0.0395. The van der Waals surface area contributed by atoms with Crippen LogP contribution >= 0.6 is 0 Å². The van der Waals surface area contributed by atoms with Gasteiger partial charge in [-0.3, -0.25) is 4.79 Å². The van der Waals surface area contributed by atoms with E-state index in [1.807, 2.05) is 0 Å². The van der Waals surface area contributed by atoms with Gasteiger partial charge in [0.05, 0.1) is 17.7 Å². The molecule has 1 saturated carbocycles. The molecule has 0 unspecified atom stereocenters. The summed E-state index contributed by atoms with van der Waals surface area (Å²) >= 11 is 0. The van der Waals surface area contributed by atoms with Gasteiger partial charge >= 0.3 is 5.97 Å². The minimum Gasteiger partial charge on any atom is -0.484 e. The molecule has 1 fully saturated rings. The van der Waals surface area contributed by atoms with Crippen LogP contribution in [0, 0.1) is 12.7 Å². The molecule has 1 aromatic carbocycles. The number of hydrogen-bond donors (Lipinski definition) is 3. The SMILES string of the molecule is CC(=O)Oc1cc(F)ccc1O[C@H]1C[C@H](c2nc3nccc-3c(C)n2O)[C@H](O)[C@@H]1O. The Bertz CT molecular complexity index is 1070. The van der Waals surface area contributed by atoms with Crippen LogP contribution in [0.4, 0.5) is 4.39 Å². The van der Waals surface area contributed by atoms with E-state index in [-0.39, 0.29) is 23.7 Å². The van der Waals surface area contributed by atoms with Gasteiger partial charge < -0.3 is 24.9 Å². The first-order valence-electron chi connectivity index (χ1n) is 9.30. The van der Waals surface area contributed by atoms with Gasteiger partial charge in [-0.1, -0.05) is 0 Å². The van der Waals surface area contributed by atoms with E-state index in [9.17, 15) is 24.6 Å². The summed E-state index contributed by atoms with van der Waals surface area (Å²) < 4.78 is 25.1. The Morgan fingerprint density at radius 1 is 1.23 bits per heavy atom. The molecule has 1 aliphatic carbocycles. The van der Waals surface area contributed by atoms with Gasteiger partial charge in [0.25, 0.3) is 0 Å². The Morgan fingerprint density at radius 3 is 2.73 bits per heavy atom. The maximum Gasteiger partial charge on any atom is 0.308 e. The number of carbonyl (C=O) groups is 1. The number of esters is 1. The normalized spacial score (nSPS) is 23.6. The van der Waals surface area contributed by atoms with Crippen LogP contribution in [0.15, 0.2) is 30.5 Å². The average Bonchev–Trinajstić information content (AvgIpc) is 3.26. The predicted molar refractivity (Wildman–Crippen MR) is 100 cm³/mol. The molecule has 0 amide bonds. The van der Waals surface area contributed by atoms with Crippen molar-refractivity contribution >= 4 is 5.97 Å². The first kappa shape index (κ1) is 20.0. The molecule has 0 spiro atoms. The Balaban J connectivity index is 1.63. The van der Waals surface area contributed by atoms with Gasteiger partial charge in [-0.15, -0.1) is 0 Å². The number of aliphatic hydroxyl groups excluding tert-OH is 2. The summed E-state index contributed by atoms with van der Waals surface area (Å²) in [5, 5.41) is 31.6. The molecular weight excluding hydrogens is 397 g/mol. The number of ether oxygens (including phenoxy) is 2. The molecule has 9 nitrogen and oxygen atoms in total. The Hall–Kier alpha value is -3.24. The summed E-state index contributed by atoms with van der Waals surface area (Å²) in [7, 11) is 0. The average molecular weight is 417 g/mol. The molecule has 3 N–H and O–H groups in total. The number of rotatable bonds is 4. The van der Waals surface area contributed by atoms with Crippen LogP contribution in [0.25, 0.3) is 11.4 Å². The predicted octanol–water partition coefficient (Wildman–Crippen LogP) is 1.65. The molecule has 0 bridgehead atoms. The highest BCUT2D eigenvalue weighted by atomic mass is 19.1. The van der Waals surface area contributed by atoms with Gasteiger partial charge in [-0.05, 0) is 31.5 Å². The van der Waals surface area contributed by atoms with Crippen molar-refractivity contribution in [3.05, 3.63) is 47.8 Å². The monoisotopic (exact) mass is 417 g/mol. The van der Waals surface area contributed by atoms with Crippen molar-refractivity contribution in [3.8, 4) is 22.9 Å². The first-order valence-corrected chi connectivity index (χ1v) is 9.30. The van der Waals surface area contributed by atoms with Crippen molar-refractivity contribution in [1.82, 2.24) is 14.7 Å². The summed E-state index contributed by atoms with van der Waals surface area (Å²) in [6.45, 7) is 2.85. The number of fused-ring (bicyclic) bond motifs is 1. The molecular formula is C20H20FN3O6. The summed E-state index contributed by atoms with van der Waals surface area (Å²) in [6.07, 6.45) is -1.87. The van der Waals surface area contributed by atoms with Crippen molar-refractivity contribution in [2.75, 3.05) is 0 Å². The van der Waals surface area contributed by atoms with Crippen LogP contribution in [-0.2, 0) is 4.79 Å². The molecule has 4 atom stereocenters. The molecule has 2 aliphatic heterocycles. The Kier molecular flexibility index (Phi) is 5.04. The molecule has 3 aliphatic rings. The lowest BCUT2D eigenvalue weighted by Gasteiger charge is -2.20. The smallest absolute Gasteiger partial charge is 0.308 e. The largest absolute Gasteiger partial charge is 0.484 e. The first-order chi connectivity index (χ1) is 14.3. The van der Waals surface area contributed by atoms with Crippen molar-refractivity contribution in [2.45, 2.75) is 44.5 Å². The number of carbonyl (C=O) groups excluding carboxylic acids is 1. The zero-order chi connectivity index (χ0) is 21.6. The highest BCUT2D eigenvalue weighted by Gasteiger charge is 2.46. The van der Waals surface area contributed by atoms with Crippen molar-refractivity contribution in [3.63, 3.8) is 0 Å². The van der Waals surface area contributed by atoms with E-state index in [2.05, 4.69) is 9.97 Å². The molecule has 10 heteroatoms. The van der Waals surface area contributed by atoms with E-state index < -0.39 is 36.0 Å². The second-order valence-electron chi connectivity index (χ2n) is 7.21. The van der Waals surface area contributed by atoms with Gasteiger partial charge in [-0.2, -0.15) is 4.73 Å². The highest BCUT2D eigenvalue weighted by Crippen LogP contribution is 2.39. The summed E-state index contributed by atoms with van der Waals surface area (Å²) in [5.41, 5.74) is 1.16. The number of nitrogens with zero attached hydrogens (tertiary/aromatic N) is 3. The second-order valence-corrected chi connectivity index (χ2v) is 7.21. The van der Waals surface area contributed by atoms with Gasteiger partial charge in [-0.25, -0.2) is 14.4 Å². The zero-order valence-corrected chi connectivity index (χ0v) is 16.2. The lowest BCUT2D eigenvalue weighted by molar-refractivity contribution is -0.132. The third-order valence-electron chi connectivity index (χ3n) is 5.22. The van der Waals surface area contributed by atoms with Gasteiger partial charge in [0.15, 0.2) is 23.1 Å². The minimum atomic E-state index is -1.32. The van der Waals surface area contributed by atoms with Crippen molar-refractivity contribution in [1.29, 1.82) is 0 Å². The van der Waals surface area contributed by atoms with E-state index in [1.165, 1.54) is 13.0 Å². The quantitative estimate of drug-likeness (QED) is 0.332. The van der Waals surface area contributed by atoms with Gasteiger partial charge in [0, 0.05) is 24.8 Å². The van der Waals surface area contributed by atoms with E-state index >= 15 is 0 Å². The van der Waals surface area contributed by atoms with Crippen LogP contribution < -0.4 is 9.47 Å². The maximum atomic E-state index is 13.5. The van der Waals surface area contributed by atoms with Crippen molar-refractivity contribution in [2.24, 2.45) is 0 Å². The number of halogens is 1. The number of aromatic nitrogens is 3. The lowest BCUT2D eigenvalue weighted by Crippen LogP contribution is -2.34. The van der Waals surface area contributed by atoms with Crippen molar-refractivity contribution < 1.29 is 34.1 Å². The standard InChI is InChI=1S/C20H20FN3O6/c1-9-12-5-6-22-19(12)23-20(24(9)28)13-8-16(18(27)17(13)26)30-14-4-3-11(21)7-15(14)29-10(2)25/h3-7,13,16-18,26-28H,8H2,1-2H3/t13-,16-,17-,18+/m0/s1. The fraction of sp³-hybridized carbons (Fsp3) is 0.350. The van der Waals surface area contributed by atoms with Crippen LogP contribution in [0.1, 0.15) is 30.8 Å². The molecule has 2 heterocycles. The summed E-state index contributed by atoms with van der Waals surface area (Å²) in [6, 6.07) is 5.10. The molecule has 1 aromatic rings. The molecule has 0 saturated heterocycles. The van der Waals surface area contributed by atoms with Crippen LogP contribution in [0.3, 0.4) is 0 Å². The number of hydrogen-bond acceptors (Lipinski definition) is 8. The van der Waals surface area contributed by atoms with Gasteiger partial charge in [0.1, 0.15) is 18.0 Å². The fourth-order valence-electron chi connectivity index (χ4n) is 3.72. The van der Waals surface area contributed by atoms with E-state index in [0.29, 0.717) is 17.1 Å². The maximum absolute atomic E-state index is 13.5. The van der Waals surface area contributed by atoms with Crippen LogP contribution in [0.2, 0.25) is 0 Å². The summed E-state index contributed by atoms with van der Waals surface area (Å²) in [4.78, 5) is 19.8. The molecule has 0 radical (unpaired) electrons. The lowest BCUT2D eigenvalue weighted by atomic mass is 10.0. The molecule has 0 aromatic heterocycles. The highest BCUT2D eigenvalue weighted by molar-refractivity contribution is 5.70. The van der Waals surface area contributed by atoms with E-state index in [0.717, 1.165) is 16.9 Å². The third-order valence-corrected chi connectivity index (χ3v) is 5.22. The zero-order valence-electron chi connectivity index (χ0n) is 16.2. The Morgan fingerprint density at radius 2 is 2.00 bits per heavy atom. The summed E-state index contributed by atoms with van der Waals surface area (Å²) in [5.74, 6) is -1.59. The Labute approximate surface area is 170 Å². The topological polar surface area (TPSA) is 127 Å². The van der Waals surface area contributed by atoms with Gasteiger partial charge in [0.2, 0.25) is 0 Å². The number of aliphatic hydroxyl groups is 2. The molecule has 158 valence electrons.